The van der Waals surface area contributed by atoms with Gasteiger partial charge < -0.3 is 20.3 Å². The molecule has 0 bridgehead atoms. The quantitative estimate of drug-likeness (QED) is 0.204. The average molecular weight is 549 g/mol. The molecule has 1 atom stereocenters. The van der Waals surface area contributed by atoms with Gasteiger partial charge in [-0.05, 0) is 43.5 Å². The molecule has 3 heterocycles. The predicted octanol–water partition coefficient (Wildman–Crippen LogP) is 3.12. The summed E-state index contributed by atoms with van der Waals surface area (Å²) in [6.45, 7) is 2.83. The molecular formula is C23H32IN7O. The Labute approximate surface area is 206 Å². The van der Waals surface area contributed by atoms with Crippen molar-refractivity contribution in [2.75, 3.05) is 38.7 Å². The molecule has 1 aliphatic heterocycles. The molecule has 1 aromatic carbocycles. The van der Waals surface area contributed by atoms with Crippen LogP contribution >= 0.6 is 24.0 Å². The van der Waals surface area contributed by atoms with Gasteiger partial charge in [0.05, 0.1) is 7.11 Å². The fraction of sp³-hybridized carbons (Fsp3) is 0.435. The predicted molar refractivity (Wildman–Crippen MR) is 139 cm³/mol. The third-order valence-electron chi connectivity index (χ3n) is 5.66. The summed E-state index contributed by atoms with van der Waals surface area (Å²) in [5.74, 6) is 2.73. The fourth-order valence-corrected chi connectivity index (χ4v) is 4.04. The van der Waals surface area contributed by atoms with Crippen molar-refractivity contribution < 1.29 is 4.74 Å². The van der Waals surface area contributed by atoms with Crippen molar-refractivity contribution in [3.8, 4) is 5.75 Å². The maximum absolute atomic E-state index is 5.38. The van der Waals surface area contributed by atoms with Gasteiger partial charge >= 0.3 is 0 Å². The minimum atomic E-state index is 0. The van der Waals surface area contributed by atoms with Crippen molar-refractivity contribution in [2.45, 2.75) is 31.7 Å². The number of ether oxygens (including phenoxy) is 1. The molecule has 1 aliphatic rings. The maximum atomic E-state index is 5.38. The van der Waals surface area contributed by atoms with E-state index in [0.29, 0.717) is 6.04 Å². The van der Waals surface area contributed by atoms with Gasteiger partial charge in [0.1, 0.15) is 11.6 Å². The van der Waals surface area contributed by atoms with Crippen molar-refractivity contribution in [1.82, 2.24) is 25.2 Å². The number of piperidine rings is 1. The fourth-order valence-electron chi connectivity index (χ4n) is 4.04. The first-order chi connectivity index (χ1) is 15.3. The van der Waals surface area contributed by atoms with E-state index in [0.717, 1.165) is 68.5 Å². The summed E-state index contributed by atoms with van der Waals surface area (Å²) < 4.78 is 7.42. The van der Waals surface area contributed by atoms with Gasteiger partial charge in [0.25, 0.3) is 0 Å². The van der Waals surface area contributed by atoms with Crippen LogP contribution in [0.4, 0.5) is 5.69 Å². The summed E-state index contributed by atoms with van der Waals surface area (Å²) in [4.78, 5) is 6.82. The van der Waals surface area contributed by atoms with E-state index in [-0.39, 0.29) is 24.0 Å². The van der Waals surface area contributed by atoms with Crippen LogP contribution in [0.15, 0.2) is 53.7 Å². The molecule has 0 amide bonds. The van der Waals surface area contributed by atoms with Crippen LogP contribution in [0, 0.1) is 0 Å². The number of hydrogen-bond donors (Lipinski definition) is 2. The molecule has 32 heavy (non-hydrogen) atoms. The van der Waals surface area contributed by atoms with Crippen LogP contribution in [0.3, 0.4) is 0 Å². The summed E-state index contributed by atoms with van der Waals surface area (Å²) in [5.41, 5.74) is 2.09. The number of rotatable bonds is 7. The maximum Gasteiger partial charge on any atom is 0.191 e. The Hall–Kier alpha value is -2.56. The van der Waals surface area contributed by atoms with E-state index in [2.05, 4.69) is 42.9 Å². The second kappa shape index (κ2) is 11.9. The first kappa shape index (κ1) is 24.1. The number of aromatic nitrogens is 3. The van der Waals surface area contributed by atoms with E-state index in [1.807, 2.05) is 48.0 Å². The Morgan fingerprint density at radius 1 is 1.22 bits per heavy atom. The van der Waals surface area contributed by atoms with Gasteiger partial charge in [-0.3, -0.25) is 9.39 Å². The highest BCUT2D eigenvalue weighted by Crippen LogP contribution is 2.24. The minimum Gasteiger partial charge on any atom is -0.497 e. The molecule has 172 valence electrons. The summed E-state index contributed by atoms with van der Waals surface area (Å²) >= 11 is 0. The van der Waals surface area contributed by atoms with Crippen molar-refractivity contribution >= 4 is 41.3 Å². The standard InChI is InChI=1S/C23H31N7O.HI/c1-24-23(25-13-6-12-22-28-27-21-11-3-4-15-30(21)22)26-18-8-7-14-29(17-18)19-9-5-10-20(16-19)31-2;/h3-5,9-11,15-16,18H,6-8,12-14,17H2,1-2H3,(H2,24,25,26);1H. The third kappa shape index (κ3) is 6.02. The zero-order valence-electron chi connectivity index (χ0n) is 18.7. The van der Waals surface area contributed by atoms with Crippen molar-refractivity contribution in [2.24, 2.45) is 4.99 Å². The Morgan fingerprint density at radius 3 is 2.97 bits per heavy atom. The summed E-state index contributed by atoms with van der Waals surface area (Å²) in [6.07, 6.45) is 6.10. The van der Waals surface area contributed by atoms with Crippen LogP contribution in [-0.2, 0) is 6.42 Å². The van der Waals surface area contributed by atoms with Crippen molar-refractivity contribution in [3.05, 3.63) is 54.5 Å². The molecule has 1 saturated heterocycles. The zero-order valence-corrected chi connectivity index (χ0v) is 21.0. The van der Waals surface area contributed by atoms with Crippen LogP contribution in [0.25, 0.3) is 5.65 Å². The van der Waals surface area contributed by atoms with E-state index >= 15 is 0 Å². The molecule has 8 nitrogen and oxygen atoms in total. The zero-order chi connectivity index (χ0) is 21.5. The Balaban J connectivity index is 0.00000289. The smallest absolute Gasteiger partial charge is 0.191 e. The number of benzene rings is 1. The minimum absolute atomic E-state index is 0. The monoisotopic (exact) mass is 549 g/mol. The van der Waals surface area contributed by atoms with E-state index in [4.69, 9.17) is 4.74 Å². The highest BCUT2D eigenvalue weighted by atomic mass is 127. The lowest BCUT2D eigenvalue weighted by atomic mass is 10.0. The molecule has 0 radical (unpaired) electrons. The Bertz CT molecular complexity index is 1020. The van der Waals surface area contributed by atoms with Crippen molar-refractivity contribution in [1.29, 1.82) is 0 Å². The molecule has 2 aromatic heterocycles. The number of fused-ring (bicyclic) bond motifs is 1. The first-order valence-electron chi connectivity index (χ1n) is 10.9. The second-order valence-corrected chi connectivity index (χ2v) is 7.78. The lowest BCUT2D eigenvalue weighted by Crippen LogP contribution is -2.51. The van der Waals surface area contributed by atoms with Gasteiger partial charge in [-0.15, -0.1) is 34.2 Å². The van der Waals surface area contributed by atoms with E-state index in [1.165, 1.54) is 5.69 Å². The number of hydrogen-bond acceptors (Lipinski definition) is 5. The van der Waals surface area contributed by atoms with Gasteiger partial charge in [-0.1, -0.05) is 12.1 Å². The van der Waals surface area contributed by atoms with E-state index < -0.39 is 0 Å². The number of aryl methyl sites for hydroxylation is 1. The molecule has 0 saturated carbocycles. The highest BCUT2D eigenvalue weighted by molar-refractivity contribution is 14.0. The topological polar surface area (TPSA) is 79.1 Å². The normalized spacial score (nSPS) is 16.5. The van der Waals surface area contributed by atoms with E-state index in [1.54, 1.807) is 7.11 Å². The van der Waals surface area contributed by atoms with Gasteiger partial charge in [0, 0.05) is 57.1 Å². The summed E-state index contributed by atoms with van der Waals surface area (Å²) in [5, 5.41) is 15.5. The number of nitrogens with one attached hydrogen (secondary N) is 2. The first-order valence-corrected chi connectivity index (χ1v) is 10.9. The van der Waals surface area contributed by atoms with Gasteiger partial charge in [-0.2, -0.15) is 0 Å². The number of pyridine rings is 1. The lowest BCUT2D eigenvalue weighted by Gasteiger charge is -2.35. The van der Waals surface area contributed by atoms with Crippen LogP contribution in [0.1, 0.15) is 25.1 Å². The number of nitrogens with zero attached hydrogens (tertiary/aromatic N) is 5. The van der Waals surface area contributed by atoms with Gasteiger partial charge in [0.2, 0.25) is 0 Å². The van der Waals surface area contributed by atoms with Crippen LogP contribution < -0.4 is 20.3 Å². The van der Waals surface area contributed by atoms with Crippen LogP contribution in [0.2, 0.25) is 0 Å². The van der Waals surface area contributed by atoms with Crippen molar-refractivity contribution in [3.63, 3.8) is 0 Å². The molecule has 1 unspecified atom stereocenters. The Kier molecular flexibility index (Phi) is 8.95. The molecule has 0 aliphatic carbocycles. The highest BCUT2D eigenvalue weighted by Gasteiger charge is 2.21. The number of guanidine groups is 1. The number of aliphatic imine (C=N–C) groups is 1. The molecule has 3 aromatic rings. The average Bonchev–Trinajstić information content (AvgIpc) is 3.24. The molecule has 4 rings (SSSR count). The van der Waals surface area contributed by atoms with Gasteiger partial charge in [-0.25, -0.2) is 0 Å². The van der Waals surface area contributed by atoms with Crippen LogP contribution in [-0.4, -0.2) is 60.4 Å². The molecule has 2 N–H and O–H groups in total. The largest absolute Gasteiger partial charge is 0.497 e. The molecule has 1 fully saturated rings. The molecule has 9 heteroatoms. The third-order valence-corrected chi connectivity index (χ3v) is 5.66. The molecule has 0 spiro atoms. The SMILES string of the molecule is CN=C(NCCCc1nnc2ccccn12)NC1CCCN(c2cccc(OC)c2)C1.I. The number of methoxy groups -OCH3 is 1. The number of halogens is 1. The summed E-state index contributed by atoms with van der Waals surface area (Å²) in [7, 11) is 3.53. The van der Waals surface area contributed by atoms with Gasteiger partial charge in [0.15, 0.2) is 11.6 Å². The number of anilines is 1. The summed E-state index contributed by atoms with van der Waals surface area (Å²) in [6, 6.07) is 14.6. The second-order valence-electron chi connectivity index (χ2n) is 7.78. The lowest BCUT2D eigenvalue weighted by molar-refractivity contribution is 0.414. The molecular weight excluding hydrogens is 517 g/mol. The Morgan fingerprint density at radius 2 is 2.12 bits per heavy atom. The van der Waals surface area contributed by atoms with Crippen LogP contribution in [0.5, 0.6) is 5.75 Å². The van der Waals surface area contributed by atoms with E-state index in [9.17, 15) is 0 Å².